The fraction of sp³-hybridized carbons (Fsp3) is 0.333. The highest BCUT2D eigenvalue weighted by Gasteiger charge is 2.07. The van der Waals surface area contributed by atoms with E-state index in [1.54, 1.807) is 26.1 Å². The summed E-state index contributed by atoms with van der Waals surface area (Å²) in [6.45, 7) is 12.6. The Hall–Kier alpha value is -1.94. The van der Waals surface area contributed by atoms with E-state index < -0.39 is 6.23 Å². The molecule has 0 saturated carbocycles. The van der Waals surface area contributed by atoms with Gasteiger partial charge in [0.25, 0.3) is 0 Å². The maximum absolute atomic E-state index is 11.8. The standard InChI is InChI=1S/C15H22N2O2/c1-7-13(16-14(18)8-2)10-12(5)17(6)15(19)9-11(3)4/h7-10,14,18H,1-2H2,3-6H3/b12-10+,16-13?. The molecule has 0 aliphatic carbocycles. The Kier molecular flexibility index (Phi) is 7.37. The van der Waals surface area contributed by atoms with Gasteiger partial charge in [0.2, 0.25) is 5.91 Å². The van der Waals surface area contributed by atoms with Gasteiger partial charge in [-0.25, -0.2) is 0 Å². The number of nitrogens with zero attached hydrogens (tertiary/aromatic N) is 2. The number of allylic oxidation sites excluding steroid dienone is 4. The van der Waals surface area contributed by atoms with Gasteiger partial charge in [-0.15, -0.1) is 0 Å². The number of aliphatic hydroxyl groups excluding tert-OH is 1. The Morgan fingerprint density at radius 3 is 2.26 bits per heavy atom. The highest BCUT2D eigenvalue weighted by Crippen LogP contribution is 2.05. The fourth-order valence-electron chi connectivity index (χ4n) is 1.18. The van der Waals surface area contributed by atoms with Gasteiger partial charge in [0.15, 0.2) is 6.23 Å². The third kappa shape index (κ3) is 6.52. The minimum Gasteiger partial charge on any atom is -0.368 e. The maximum atomic E-state index is 11.8. The van der Waals surface area contributed by atoms with Crippen LogP contribution in [-0.2, 0) is 4.79 Å². The summed E-state index contributed by atoms with van der Waals surface area (Å²) >= 11 is 0. The van der Waals surface area contributed by atoms with Crippen molar-refractivity contribution in [3.05, 3.63) is 48.7 Å². The topological polar surface area (TPSA) is 52.9 Å². The third-order valence-corrected chi connectivity index (χ3v) is 2.33. The van der Waals surface area contributed by atoms with E-state index in [0.29, 0.717) is 11.4 Å². The molecule has 0 fully saturated rings. The quantitative estimate of drug-likeness (QED) is 0.454. The van der Waals surface area contributed by atoms with E-state index in [2.05, 4.69) is 18.2 Å². The number of aliphatic imine (C=N–C) groups is 1. The number of amides is 1. The number of likely N-dealkylation sites (N-methyl/N-ethyl adjacent to an activating group) is 1. The second-order valence-corrected chi connectivity index (χ2v) is 4.31. The molecule has 0 aromatic rings. The van der Waals surface area contributed by atoms with E-state index in [-0.39, 0.29) is 5.91 Å². The number of rotatable bonds is 6. The average molecular weight is 262 g/mol. The van der Waals surface area contributed by atoms with Crippen molar-refractivity contribution in [2.24, 2.45) is 4.99 Å². The summed E-state index contributed by atoms with van der Waals surface area (Å²) in [7, 11) is 1.68. The average Bonchev–Trinajstić information content (AvgIpc) is 2.35. The predicted octanol–water partition coefficient (Wildman–Crippen LogP) is 2.45. The Balaban J connectivity index is 5.11. The lowest BCUT2D eigenvalue weighted by Crippen LogP contribution is -2.23. The zero-order valence-corrected chi connectivity index (χ0v) is 12.1. The van der Waals surface area contributed by atoms with E-state index in [1.807, 2.05) is 13.8 Å². The highest BCUT2D eigenvalue weighted by atomic mass is 16.3. The number of hydrogen-bond donors (Lipinski definition) is 1. The van der Waals surface area contributed by atoms with Gasteiger partial charge in [0.1, 0.15) is 0 Å². The first kappa shape index (κ1) is 17.1. The van der Waals surface area contributed by atoms with Crippen molar-refractivity contribution in [1.82, 2.24) is 4.90 Å². The van der Waals surface area contributed by atoms with Crippen LogP contribution in [0.25, 0.3) is 0 Å². The van der Waals surface area contributed by atoms with Crippen LogP contribution in [0.5, 0.6) is 0 Å². The van der Waals surface area contributed by atoms with Crippen LogP contribution in [0.3, 0.4) is 0 Å². The zero-order chi connectivity index (χ0) is 15.0. The Bertz CT molecular complexity index is 441. The Morgan fingerprint density at radius 1 is 1.26 bits per heavy atom. The van der Waals surface area contributed by atoms with E-state index in [4.69, 9.17) is 0 Å². The van der Waals surface area contributed by atoms with E-state index >= 15 is 0 Å². The van der Waals surface area contributed by atoms with Crippen molar-refractivity contribution >= 4 is 11.6 Å². The van der Waals surface area contributed by atoms with Gasteiger partial charge >= 0.3 is 0 Å². The second-order valence-electron chi connectivity index (χ2n) is 4.31. The normalized spacial score (nSPS) is 13.5. The summed E-state index contributed by atoms with van der Waals surface area (Å²) in [5, 5.41) is 9.37. The molecule has 0 rings (SSSR count). The first-order valence-electron chi connectivity index (χ1n) is 5.93. The molecule has 19 heavy (non-hydrogen) atoms. The van der Waals surface area contributed by atoms with Crippen LogP contribution in [0, 0.1) is 0 Å². The largest absolute Gasteiger partial charge is 0.368 e. The van der Waals surface area contributed by atoms with Crippen LogP contribution in [0.4, 0.5) is 0 Å². The van der Waals surface area contributed by atoms with Crippen LogP contribution < -0.4 is 0 Å². The van der Waals surface area contributed by atoms with E-state index in [9.17, 15) is 9.90 Å². The van der Waals surface area contributed by atoms with E-state index in [1.165, 1.54) is 17.1 Å². The molecule has 1 amide bonds. The predicted molar refractivity (Wildman–Crippen MR) is 79.8 cm³/mol. The van der Waals surface area contributed by atoms with Gasteiger partial charge in [-0.3, -0.25) is 9.79 Å². The summed E-state index contributed by atoms with van der Waals surface area (Å²) in [5.74, 6) is -0.110. The summed E-state index contributed by atoms with van der Waals surface area (Å²) < 4.78 is 0. The molecule has 1 atom stereocenters. The van der Waals surface area contributed by atoms with Crippen molar-refractivity contribution in [3.63, 3.8) is 0 Å². The summed E-state index contributed by atoms with van der Waals surface area (Å²) in [5.41, 5.74) is 2.13. The molecule has 0 saturated heterocycles. The van der Waals surface area contributed by atoms with Crippen LogP contribution >= 0.6 is 0 Å². The number of carbonyl (C=O) groups is 1. The molecule has 104 valence electrons. The SMILES string of the molecule is C=CC(/C=C(\C)N(C)C(=O)C=C(C)C)=NC(O)C=C. The third-order valence-electron chi connectivity index (χ3n) is 2.33. The second kappa shape index (κ2) is 8.21. The minimum absolute atomic E-state index is 0.110. The molecule has 1 N–H and O–H groups in total. The lowest BCUT2D eigenvalue weighted by atomic mass is 10.2. The minimum atomic E-state index is -0.976. The molecule has 0 spiro atoms. The summed E-state index contributed by atoms with van der Waals surface area (Å²) in [6.07, 6.45) is 5.08. The van der Waals surface area contributed by atoms with Gasteiger partial charge in [-0.05, 0) is 39.0 Å². The molecular formula is C15H22N2O2. The molecule has 4 heteroatoms. The molecule has 0 aliphatic rings. The molecule has 0 radical (unpaired) electrons. The first-order valence-corrected chi connectivity index (χ1v) is 5.93. The van der Waals surface area contributed by atoms with Crippen molar-refractivity contribution in [2.45, 2.75) is 27.0 Å². The monoisotopic (exact) mass is 262 g/mol. The molecule has 0 bridgehead atoms. The molecular weight excluding hydrogens is 240 g/mol. The van der Waals surface area contributed by atoms with Crippen molar-refractivity contribution in [2.75, 3.05) is 7.05 Å². The van der Waals surface area contributed by atoms with Gasteiger partial charge in [-0.1, -0.05) is 18.7 Å². The lowest BCUT2D eigenvalue weighted by Gasteiger charge is -2.16. The number of carbonyl (C=O) groups excluding carboxylic acids is 1. The highest BCUT2D eigenvalue weighted by molar-refractivity contribution is 6.04. The van der Waals surface area contributed by atoms with Crippen LogP contribution in [-0.4, -0.2) is 34.9 Å². The van der Waals surface area contributed by atoms with Crippen LogP contribution in [0.1, 0.15) is 20.8 Å². The molecule has 0 heterocycles. The molecule has 0 aliphatic heterocycles. The maximum Gasteiger partial charge on any atom is 0.250 e. The zero-order valence-electron chi connectivity index (χ0n) is 12.1. The fourth-order valence-corrected chi connectivity index (χ4v) is 1.18. The van der Waals surface area contributed by atoms with Crippen LogP contribution in [0.2, 0.25) is 0 Å². The smallest absolute Gasteiger partial charge is 0.250 e. The van der Waals surface area contributed by atoms with Gasteiger partial charge in [0.05, 0.1) is 5.71 Å². The molecule has 1 unspecified atom stereocenters. The van der Waals surface area contributed by atoms with Crippen LogP contribution in [0.15, 0.2) is 53.7 Å². The van der Waals surface area contributed by atoms with Crippen molar-refractivity contribution in [1.29, 1.82) is 0 Å². The first-order chi connectivity index (χ1) is 8.81. The molecule has 0 aromatic heterocycles. The van der Waals surface area contributed by atoms with E-state index in [0.717, 1.165) is 5.57 Å². The van der Waals surface area contributed by atoms with Crippen molar-refractivity contribution < 1.29 is 9.90 Å². The number of hydrogen-bond acceptors (Lipinski definition) is 3. The molecule has 4 nitrogen and oxygen atoms in total. The summed E-state index contributed by atoms with van der Waals surface area (Å²) in [4.78, 5) is 17.3. The van der Waals surface area contributed by atoms with Gasteiger partial charge in [-0.2, -0.15) is 0 Å². The summed E-state index contributed by atoms with van der Waals surface area (Å²) in [6, 6.07) is 0. The van der Waals surface area contributed by atoms with Gasteiger partial charge in [0, 0.05) is 18.8 Å². The van der Waals surface area contributed by atoms with Gasteiger partial charge < -0.3 is 10.0 Å². The lowest BCUT2D eigenvalue weighted by molar-refractivity contribution is -0.123. The number of aliphatic hydroxyl groups is 1. The Labute approximate surface area is 115 Å². The Morgan fingerprint density at radius 2 is 1.84 bits per heavy atom. The van der Waals surface area contributed by atoms with Crippen molar-refractivity contribution in [3.8, 4) is 0 Å². The molecule has 0 aromatic carbocycles.